The van der Waals surface area contributed by atoms with Crippen molar-refractivity contribution in [2.75, 3.05) is 11.9 Å². The lowest BCUT2D eigenvalue weighted by Crippen LogP contribution is -2.14. The molecule has 0 bridgehead atoms. The number of ketones is 1. The Kier molecular flexibility index (Phi) is 6.57. The van der Waals surface area contributed by atoms with Crippen LogP contribution >= 0.6 is 34.8 Å². The van der Waals surface area contributed by atoms with Crippen molar-refractivity contribution in [2.45, 2.75) is 0 Å². The van der Waals surface area contributed by atoms with Crippen LogP contribution in [0.5, 0.6) is 5.75 Å². The van der Waals surface area contributed by atoms with Crippen molar-refractivity contribution in [1.82, 2.24) is 0 Å². The van der Waals surface area contributed by atoms with E-state index in [0.717, 1.165) is 0 Å². The molecule has 0 saturated heterocycles. The van der Waals surface area contributed by atoms with Gasteiger partial charge in [0.15, 0.2) is 6.61 Å². The second-order valence-electron chi connectivity index (χ2n) is 5.80. The summed E-state index contributed by atoms with van der Waals surface area (Å²) in [5.74, 6) is -0.200. The molecular formula is C21H14Cl3NO3. The molecule has 1 N–H and O–H groups in total. The van der Waals surface area contributed by atoms with E-state index in [0.29, 0.717) is 32.6 Å². The van der Waals surface area contributed by atoms with Gasteiger partial charge in [-0.15, -0.1) is 0 Å². The van der Waals surface area contributed by atoms with E-state index < -0.39 is 0 Å². The monoisotopic (exact) mass is 433 g/mol. The van der Waals surface area contributed by atoms with E-state index in [1.807, 2.05) is 0 Å². The van der Waals surface area contributed by atoms with Crippen LogP contribution in [-0.4, -0.2) is 18.3 Å². The number of hydrogen-bond acceptors (Lipinski definition) is 3. The number of rotatable bonds is 6. The smallest absolute Gasteiger partial charge is 0.257 e. The predicted molar refractivity (Wildman–Crippen MR) is 112 cm³/mol. The van der Waals surface area contributed by atoms with Crippen LogP contribution in [0.15, 0.2) is 66.7 Å². The van der Waals surface area contributed by atoms with Gasteiger partial charge < -0.3 is 10.1 Å². The second kappa shape index (κ2) is 9.11. The van der Waals surface area contributed by atoms with Crippen molar-refractivity contribution in [1.29, 1.82) is 0 Å². The van der Waals surface area contributed by atoms with E-state index in [2.05, 4.69) is 5.32 Å². The maximum atomic E-state index is 12.3. The number of halogens is 3. The molecule has 1 amide bonds. The van der Waals surface area contributed by atoms with Crippen molar-refractivity contribution in [3.63, 3.8) is 0 Å². The minimum absolute atomic E-state index is 0.205. The van der Waals surface area contributed by atoms with Crippen molar-refractivity contribution in [3.8, 4) is 5.75 Å². The Morgan fingerprint density at radius 2 is 1.61 bits per heavy atom. The van der Waals surface area contributed by atoms with E-state index in [1.165, 1.54) is 6.07 Å². The average Bonchev–Trinajstić information content (AvgIpc) is 2.66. The summed E-state index contributed by atoms with van der Waals surface area (Å²) in [6, 6.07) is 18.1. The van der Waals surface area contributed by atoms with E-state index >= 15 is 0 Å². The summed E-state index contributed by atoms with van der Waals surface area (Å²) in [6.45, 7) is -0.205. The molecule has 0 fully saturated rings. The average molecular weight is 435 g/mol. The highest BCUT2D eigenvalue weighted by atomic mass is 35.5. The number of amides is 1. The number of ether oxygens (including phenoxy) is 1. The molecule has 0 radical (unpaired) electrons. The van der Waals surface area contributed by atoms with Crippen LogP contribution in [0.1, 0.15) is 20.7 Å². The number of carbonyl (C=O) groups excluding carboxylic acids is 2. The van der Waals surface area contributed by atoms with Gasteiger partial charge in [0.1, 0.15) is 5.75 Å². The molecule has 142 valence electrons. The van der Waals surface area contributed by atoms with Crippen molar-refractivity contribution < 1.29 is 14.3 Å². The molecule has 0 saturated carbocycles. The summed E-state index contributed by atoms with van der Waals surface area (Å²) in [7, 11) is 0. The summed E-state index contributed by atoms with van der Waals surface area (Å²) in [6.07, 6.45) is 0. The van der Waals surface area contributed by atoms with Gasteiger partial charge in [0.05, 0.1) is 15.6 Å². The summed E-state index contributed by atoms with van der Waals surface area (Å²) < 4.78 is 5.54. The molecule has 0 aliphatic rings. The van der Waals surface area contributed by atoms with Gasteiger partial charge in [-0.1, -0.05) is 53.0 Å². The second-order valence-corrected chi connectivity index (χ2v) is 7.05. The zero-order valence-corrected chi connectivity index (χ0v) is 16.7. The molecular weight excluding hydrogens is 421 g/mol. The Morgan fingerprint density at radius 3 is 2.36 bits per heavy atom. The SMILES string of the molecule is O=C(COc1cccc(NC(=O)c2ccccc2Cl)c1)c1ccc(Cl)cc1Cl. The van der Waals surface area contributed by atoms with Crippen LogP contribution in [0.2, 0.25) is 15.1 Å². The highest BCUT2D eigenvalue weighted by molar-refractivity contribution is 6.37. The molecule has 3 aromatic rings. The molecule has 7 heteroatoms. The van der Waals surface area contributed by atoms with Gasteiger partial charge in [-0.25, -0.2) is 0 Å². The molecule has 0 aliphatic heterocycles. The lowest BCUT2D eigenvalue weighted by Gasteiger charge is -2.10. The Balaban J connectivity index is 1.66. The lowest BCUT2D eigenvalue weighted by molar-refractivity contribution is 0.0921. The number of Topliss-reactive ketones (excluding diaryl/α,β-unsaturated/α-hetero) is 1. The number of hydrogen-bond donors (Lipinski definition) is 1. The molecule has 0 aliphatic carbocycles. The van der Waals surface area contributed by atoms with Gasteiger partial charge >= 0.3 is 0 Å². The molecule has 4 nitrogen and oxygen atoms in total. The van der Waals surface area contributed by atoms with Crippen LogP contribution in [0.4, 0.5) is 5.69 Å². The standard InChI is InChI=1S/C21H14Cl3NO3/c22-13-8-9-16(19(24)10-13)20(26)12-28-15-5-3-4-14(11-15)25-21(27)17-6-1-2-7-18(17)23/h1-11H,12H2,(H,25,27). The Bertz CT molecular complexity index is 1040. The third-order valence-corrected chi connectivity index (χ3v) is 4.69. The Labute approximate surface area is 177 Å². The first-order valence-corrected chi connectivity index (χ1v) is 9.34. The molecule has 3 rings (SSSR count). The van der Waals surface area contributed by atoms with E-state index in [4.69, 9.17) is 39.5 Å². The molecule has 0 heterocycles. The minimum Gasteiger partial charge on any atom is -0.485 e. The van der Waals surface area contributed by atoms with Gasteiger partial charge in [0.25, 0.3) is 5.91 Å². The summed E-state index contributed by atoms with van der Waals surface area (Å²) in [5.41, 5.74) is 1.21. The predicted octanol–water partition coefficient (Wildman–Crippen LogP) is 6.16. The number of nitrogens with one attached hydrogen (secondary N) is 1. The normalized spacial score (nSPS) is 10.4. The Hall–Kier alpha value is -2.53. The summed E-state index contributed by atoms with van der Waals surface area (Å²) in [5, 5.41) is 3.82. The fourth-order valence-corrected chi connectivity index (χ4v) is 3.19. The third-order valence-electron chi connectivity index (χ3n) is 3.81. The van der Waals surface area contributed by atoms with Crippen LogP contribution in [-0.2, 0) is 0 Å². The van der Waals surface area contributed by atoms with Crippen LogP contribution in [0, 0.1) is 0 Å². The zero-order chi connectivity index (χ0) is 20.1. The fourth-order valence-electron chi connectivity index (χ4n) is 2.45. The van der Waals surface area contributed by atoms with Crippen molar-refractivity contribution in [3.05, 3.63) is 92.9 Å². The van der Waals surface area contributed by atoms with E-state index in [-0.39, 0.29) is 23.3 Å². The first-order chi connectivity index (χ1) is 13.4. The van der Waals surface area contributed by atoms with Gasteiger partial charge in [-0.3, -0.25) is 9.59 Å². The van der Waals surface area contributed by atoms with Crippen LogP contribution < -0.4 is 10.1 Å². The largest absolute Gasteiger partial charge is 0.485 e. The van der Waals surface area contributed by atoms with E-state index in [9.17, 15) is 9.59 Å². The van der Waals surface area contributed by atoms with Crippen LogP contribution in [0.3, 0.4) is 0 Å². The minimum atomic E-state index is -0.341. The molecule has 3 aromatic carbocycles. The zero-order valence-electron chi connectivity index (χ0n) is 14.4. The maximum Gasteiger partial charge on any atom is 0.257 e. The fraction of sp³-hybridized carbons (Fsp3) is 0.0476. The first-order valence-electron chi connectivity index (χ1n) is 8.21. The molecule has 0 spiro atoms. The molecule has 0 unspecified atom stereocenters. The van der Waals surface area contributed by atoms with E-state index in [1.54, 1.807) is 60.7 Å². The molecule has 0 aromatic heterocycles. The summed E-state index contributed by atoms with van der Waals surface area (Å²) >= 11 is 17.9. The third kappa shape index (κ3) is 5.04. The van der Waals surface area contributed by atoms with Gasteiger partial charge in [-0.2, -0.15) is 0 Å². The number of carbonyl (C=O) groups is 2. The van der Waals surface area contributed by atoms with Gasteiger partial charge in [-0.05, 0) is 42.5 Å². The Morgan fingerprint density at radius 1 is 0.821 bits per heavy atom. The van der Waals surface area contributed by atoms with Crippen molar-refractivity contribution in [2.24, 2.45) is 0 Å². The molecule has 0 atom stereocenters. The first kappa shape index (κ1) is 20.2. The maximum absolute atomic E-state index is 12.3. The lowest BCUT2D eigenvalue weighted by atomic mass is 10.1. The number of anilines is 1. The summed E-state index contributed by atoms with van der Waals surface area (Å²) in [4.78, 5) is 24.6. The van der Waals surface area contributed by atoms with Gasteiger partial charge in [0.2, 0.25) is 5.78 Å². The molecule has 28 heavy (non-hydrogen) atoms. The highest BCUT2D eigenvalue weighted by Crippen LogP contribution is 2.23. The van der Waals surface area contributed by atoms with Gasteiger partial charge in [0, 0.05) is 22.3 Å². The van der Waals surface area contributed by atoms with Crippen molar-refractivity contribution >= 4 is 52.2 Å². The highest BCUT2D eigenvalue weighted by Gasteiger charge is 2.13. The quantitative estimate of drug-likeness (QED) is 0.473. The number of benzene rings is 3. The topological polar surface area (TPSA) is 55.4 Å². The van der Waals surface area contributed by atoms with Crippen LogP contribution in [0.25, 0.3) is 0 Å².